The number of aryl methyl sites for hydroxylation is 1. The van der Waals surface area contributed by atoms with Crippen molar-refractivity contribution in [3.63, 3.8) is 0 Å². The van der Waals surface area contributed by atoms with Crippen LogP contribution >= 0.6 is 11.6 Å². The molecule has 24 heavy (non-hydrogen) atoms. The van der Waals surface area contributed by atoms with Crippen molar-refractivity contribution in [3.05, 3.63) is 46.6 Å². The summed E-state index contributed by atoms with van der Waals surface area (Å²) < 4.78 is 10.4. The topological polar surface area (TPSA) is 76.2 Å². The monoisotopic (exact) mass is 345 g/mol. The van der Waals surface area contributed by atoms with Crippen LogP contribution in [0.3, 0.4) is 0 Å². The molecule has 3 aromatic rings. The molecule has 7 heteroatoms. The number of carbonyl (C=O) groups is 1. The fraction of sp³-hybridized carbons (Fsp3) is 0.176. The van der Waals surface area contributed by atoms with Gasteiger partial charge < -0.3 is 14.8 Å². The molecule has 2 aromatic carbocycles. The average molecular weight is 346 g/mol. The van der Waals surface area contributed by atoms with Crippen molar-refractivity contribution < 1.29 is 14.3 Å². The first-order valence-electron chi connectivity index (χ1n) is 7.21. The van der Waals surface area contributed by atoms with E-state index in [1.807, 2.05) is 25.1 Å². The summed E-state index contributed by atoms with van der Waals surface area (Å²) in [7, 11) is 3.02. The molecule has 1 amide bonds. The number of benzene rings is 2. The normalized spacial score (nSPS) is 10.7. The van der Waals surface area contributed by atoms with Crippen molar-refractivity contribution in [1.29, 1.82) is 0 Å². The number of aromatic nitrogens is 2. The van der Waals surface area contributed by atoms with Gasteiger partial charge in [0.2, 0.25) is 0 Å². The lowest BCUT2D eigenvalue weighted by Crippen LogP contribution is -2.13. The summed E-state index contributed by atoms with van der Waals surface area (Å²) in [6, 6.07) is 8.95. The van der Waals surface area contributed by atoms with Crippen LogP contribution in [0.1, 0.15) is 16.1 Å². The van der Waals surface area contributed by atoms with E-state index in [2.05, 4.69) is 15.5 Å². The number of nitrogens with one attached hydrogen (secondary N) is 2. The van der Waals surface area contributed by atoms with E-state index in [0.717, 1.165) is 16.5 Å². The molecule has 0 fully saturated rings. The number of H-pyrrole nitrogens is 1. The Balaban J connectivity index is 1.97. The standard InChI is InChI=1S/C17H16ClN3O3/c1-9-4-5-12-10(6-9)16(21-20-12)17(22)19-13-7-11(18)14(23-2)8-15(13)24-3/h4-8H,1-3H3,(H,19,22)(H,20,21). The largest absolute Gasteiger partial charge is 0.495 e. The van der Waals surface area contributed by atoms with E-state index in [1.165, 1.54) is 14.2 Å². The molecular formula is C17H16ClN3O3. The average Bonchev–Trinajstić information content (AvgIpc) is 2.98. The van der Waals surface area contributed by atoms with E-state index in [-0.39, 0.29) is 5.91 Å². The van der Waals surface area contributed by atoms with Gasteiger partial charge in [-0.3, -0.25) is 9.89 Å². The van der Waals surface area contributed by atoms with Gasteiger partial charge in [0.25, 0.3) is 5.91 Å². The highest BCUT2D eigenvalue weighted by Crippen LogP contribution is 2.36. The Morgan fingerprint density at radius 3 is 2.62 bits per heavy atom. The van der Waals surface area contributed by atoms with Gasteiger partial charge in [-0.2, -0.15) is 5.10 Å². The first-order chi connectivity index (χ1) is 11.5. The number of anilines is 1. The van der Waals surface area contributed by atoms with Crippen molar-refractivity contribution in [1.82, 2.24) is 10.2 Å². The lowest BCUT2D eigenvalue weighted by atomic mass is 10.1. The molecule has 0 radical (unpaired) electrons. The van der Waals surface area contributed by atoms with Crippen LogP contribution < -0.4 is 14.8 Å². The summed E-state index contributed by atoms with van der Waals surface area (Å²) in [4.78, 5) is 12.6. The highest BCUT2D eigenvalue weighted by atomic mass is 35.5. The van der Waals surface area contributed by atoms with Crippen molar-refractivity contribution >= 4 is 34.1 Å². The third-order valence-electron chi connectivity index (χ3n) is 3.66. The molecule has 1 aromatic heterocycles. The number of halogens is 1. The molecule has 1 heterocycles. The van der Waals surface area contributed by atoms with Gasteiger partial charge >= 0.3 is 0 Å². The van der Waals surface area contributed by atoms with E-state index in [4.69, 9.17) is 21.1 Å². The number of aromatic amines is 1. The van der Waals surface area contributed by atoms with Crippen LogP contribution in [0, 0.1) is 6.92 Å². The minimum atomic E-state index is -0.355. The number of hydrogen-bond donors (Lipinski definition) is 2. The van der Waals surface area contributed by atoms with Crippen LogP contribution in [-0.2, 0) is 0 Å². The molecule has 124 valence electrons. The third kappa shape index (κ3) is 2.88. The van der Waals surface area contributed by atoms with Gasteiger partial charge in [-0.25, -0.2) is 0 Å². The molecule has 0 saturated carbocycles. The van der Waals surface area contributed by atoms with E-state index in [1.54, 1.807) is 12.1 Å². The lowest BCUT2D eigenvalue weighted by Gasteiger charge is -2.12. The van der Waals surface area contributed by atoms with Gasteiger partial charge in [-0.05, 0) is 25.1 Å². The quantitative estimate of drug-likeness (QED) is 0.754. The summed E-state index contributed by atoms with van der Waals surface area (Å²) >= 11 is 6.13. The summed E-state index contributed by atoms with van der Waals surface area (Å²) in [5.74, 6) is 0.555. The fourth-order valence-corrected chi connectivity index (χ4v) is 2.68. The Bertz CT molecular complexity index is 921. The van der Waals surface area contributed by atoms with Crippen LogP contribution in [-0.4, -0.2) is 30.3 Å². The highest BCUT2D eigenvalue weighted by Gasteiger charge is 2.17. The Morgan fingerprint density at radius 1 is 1.17 bits per heavy atom. The first-order valence-corrected chi connectivity index (χ1v) is 7.59. The highest BCUT2D eigenvalue weighted by molar-refractivity contribution is 6.32. The molecule has 0 spiro atoms. The molecule has 2 N–H and O–H groups in total. The number of rotatable bonds is 4. The molecule has 0 aliphatic carbocycles. The number of amides is 1. The van der Waals surface area contributed by atoms with Gasteiger partial charge in [-0.1, -0.05) is 23.2 Å². The number of nitrogens with zero attached hydrogens (tertiary/aromatic N) is 1. The zero-order valence-corrected chi connectivity index (χ0v) is 14.2. The Hall–Kier alpha value is -2.73. The van der Waals surface area contributed by atoms with Crippen LogP contribution in [0.15, 0.2) is 30.3 Å². The van der Waals surface area contributed by atoms with E-state index in [0.29, 0.717) is 27.9 Å². The Kier molecular flexibility index (Phi) is 4.31. The molecule has 0 atom stereocenters. The maximum absolute atomic E-state index is 12.6. The van der Waals surface area contributed by atoms with Gasteiger partial charge in [0, 0.05) is 11.5 Å². The Morgan fingerprint density at radius 2 is 1.92 bits per heavy atom. The molecule has 0 unspecified atom stereocenters. The number of methoxy groups -OCH3 is 2. The molecule has 0 aliphatic heterocycles. The summed E-state index contributed by atoms with van der Waals surface area (Å²) in [6.07, 6.45) is 0. The maximum atomic E-state index is 12.6. The van der Waals surface area contributed by atoms with Crippen LogP contribution in [0.25, 0.3) is 10.9 Å². The van der Waals surface area contributed by atoms with E-state index in [9.17, 15) is 4.79 Å². The zero-order valence-electron chi connectivity index (χ0n) is 13.4. The lowest BCUT2D eigenvalue weighted by molar-refractivity contribution is 0.102. The number of carbonyl (C=O) groups excluding carboxylic acids is 1. The smallest absolute Gasteiger partial charge is 0.276 e. The molecule has 3 rings (SSSR count). The Labute approximate surface area is 143 Å². The maximum Gasteiger partial charge on any atom is 0.276 e. The summed E-state index contributed by atoms with van der Waals surface area (Å²) in [5.41, 5.74) is 2.59. The minimum Gasteiger partial charge on any atom is -0.495 e. The van der Waals surface area contributed by atoms with Crippen molar-refractivity contribution in [2.45, 2.75) is 6.92 Å². The van der Waals surface area contributed by atoms with Crippen LogP contribution in [0.2, 0.25) is 5.02 Å². The minimum absolute atomic E-state index is 0.308. The SMILES string of the molecule is COc1cc(OC)c(NC(=O)c2n[nH]c3ccc(C)cc23)cc1Cl. The van der Waals surface area contributed by atoms with Crippen molar-refractivity contribution in [2.75, 3.05) is 19.5 Å². The van der Waals surface area contributed by atoms with E-state index < -0.39 is 0 Å². The summed E-state index contributed by atoms with van der Waals surface area (Å²) in [5, 5.41) is 10.9. The van der Waals surface area contributed by atoms with Crippen LogP contribution in [0.4, 0.5) is 5.69 Å². The number of fused-ring (bicyclic) bond motifs is 1. The predicted octanol–water partition coefficient (Wildman–Crippen LogP) is 3.79. The molecule has 6 nitrogen and oxygen atoms in total. The molecule has 0 aliphatic rings. The molecule has 0 bridgehead atoms. The van der Waals surface area contributed by atoms with Gasteiger partial charge in [0.1, 0.15) is 11.5 Å². The fourth-order valence-electron chi connectivity index (χ4n) is 2.44. The number of hydrogen-bond acceptors (Lipinski definition) is 4. The molecule has 0 saturated heterocycles. The number of ether oxygens (including phenoxy) is 2. The van der Waals surface area contributed by atoms with E-state index >= 15 is 0 Å². The zero-order chi connectivity index (χ0) is 17.3. The van der Waals surface area contributed by atoms with Gasteiger partial charge in [0.05, 0.1) is 30.4 Å². The van der Waals surface area contributed by atoms with Crippen molar-refractivity contribution in [3.8, 4) is 11.5 Å². The second-order valence-corrected chi connectivity index (χ2v) is 5.67. The first kappa shape index (κ1) is 16.1. The predicted molar refractivity (Wildman–Crippen MR) is 93.3 cm³/mol. The van der Waals surface area contributed by atoms with Gasteiger partial charge in [0.15, 0.2) is 5.69 Å². The second-order valence-electron chi connectivity index (χ2n) is 5.26. The van der Waals surface area contributed by atoms with Gasteiger partial charge in [-0.15, -0.1) is 0 Å². The summed E-state index contributed by atoms with van der Waals surface area (Å²) in [6.45, 7) is 1.96. The van der Waals surface area contributed by atoms with Crippen molar-refractivity contribution in [2.24, 2.45) is 0 Å². The third-order valence-corrected chi connectivity index (χ3v) is 3.95. The van der Waals surface area contributed by atoms with Crippen LogP contribution in [0.5, 0.6) is 11.5 Å². The second kappa shape index (κ2) is 6.41. The molecular weight excluding hydrogens is 330 g/mol.